The number of aryl methyl sites for hydroxylation is 1. The number of rotatable bonds is 2. The van der Waals surface area contributed by atoms with Gasteiger partial charge >= 0.3 is 0 Å². The van der Waals surface area contributed by atoms with Gasteiger partial charge in [-0.05, 0) is 24.6 Å². The summed E-state index contributed by atoms with van der Waals surface area (Å²) in [4.78, 5) is 0.922. The van der Waals surface area contributed by atoms with E-state index < -0.39 is 0 Å². The summed E-state index contributed by atoms with van der Waals surface area (Å²) in [5, 5.41) is 3.87. The number of nitrogen functional groups attached to an aromatic ring is 1. The van der Waals surface area contributed by atoms with Crippen molar-refractivity contribution in [2.75, 3.05) is 5.73 Å². The second-order valence-corrected chi connectivity index (χ2v) is 5.96. The zero-order valence-electron chi connectivity index (χ0n) is 10.2. The van der Waals surface area contributed by atoms with E-state index in [-0.39, 0.29) is 0 Å². The molecule has 1 aromatic carbocycles. The monoisotopic (exact) mass is 290 g/mol. The molecule has 2 aromatic heterocycles. The molecule has 0 unspecified atom stereocenters. The highest BCUT2D eigenvalue weighted by atomic mass is 35.5. The summed E-state index contributed by atoms with van der Waals surface area (Å²) in [6.07, 6.45) is 0. The maximum atomic E-state index is 5.97. The number of anilines is 1. The van der Waals surface area contributed by atoms with Gasteiger partial charge in [0.15, 0.2) is 11.6 Å². The Kier molecular flexibility index (Phi) is 3.05. The molecular formula is C14H11ClN2OS. The van der Waals surface area contributed by atoms with Crippen molar-refractivity contribution < 1.29 is 4.52 Å². The summed E-state index contributed by atoms with van der Waals surface area (Å²) in [7, 11) is 0. The Hall–Kier alpha value is -1.78. The van der Waals surface area contributed by atoms with E-state index in [0.717, 1.165) is 21.6 Å². The van der Waals surface area contributed by atoms with Crippen LogP contribution in [0.15, 0.2) is 40.9 Å². The third kappa shape index (κ3) is 2.25. The molecule has 2 N–H and O–H groups in total. The molecule has 3 aromatic rings. The topological polar surface area (TPSA) is 52.0 Å². The quantitative estimate of drug-likeness (QED) is 0.749. The van der Waals surface area contributed by atoms with Crippen LogP contribution in [0.25, 0.3) is 21.8 Å². The van der Waals surface area contributed by atoms with E-state index in [2.05, 4.69) is 11.2 Å². The molecule has 3 rings (SSSR count). The first-order chi connectivity index (χ1) is 9.15. The second kappa shape index (κ2) is 4.72. The van der Waals surface area contributed by atoms with Crippen molar-refractivity contribution in [2.45, 2.75) is 6.92 Å². The average Bonchev–Trinajstić information content (AvgIpc) is 2.95. The van der Waals surface area contributed by atoms with Gasteiger partial charge in [-0.15, -0.1) is 11.3 Å². The van der Waals surface area contributed by atoms with Crippen LogP contribution in [0, 0.1) is 6.92 Å². The largest absolute Gasteiger partial charge is 0.380 e. The van der Waals surface area contributed by atoms with Crippen LogP contribution in [-0.2, 0) is 0 Å². The van der Waals surface area contributed by atoms with Gasteiger partial charge in [-0.3, -0.25) is 0 Å². The lowest BCUT2D eigenvalue weighted by Gasteiger charge is -2.02. The summed E-state index contributed by atoms with van der Waals surface area (Å²) in [6, 6.07) is 11.8. The highest BCUT2D eigenvalue weighted by molar-refractivity contribution is 7.19. The van der Waals surface area contributed by atoms with Crippen molar-refractivity contribution in [1.82, 2.24) is 5.16 Å². The van der Waals surface area contributed by atoms with Crippen LogP contribution in [-0.4, -0.2) is 5.16 Å². The lowest BCUT2D eigenvalue weighted by molar-refractivity contribution is 0.437. The van der Waals surface area contributed by atoms with Crippen LogP contribution >= 0.6 is 22.9 Å². The molecule has 96 valence electrons. The second-order valence-electron chi connectivity index (χ2n) is 4.25. The molecule has 0 atom stereocenters. The lowest BCUT2D eigenvalue weighted by Crippen LogP contribution is -1.88. The van der Waals surface area contributed by atoms with Gasteiger partial charge in [0.05, 0.1) is 14.8 Å². The van der Waals surface area contributed by atoms with Gasteiger partial charge in [-0.25, -0.2) is 0 Å². The Labute approximate surface area is 119 Å². The Morgan fingerprint density at radius 1 is 1.26 bits per heavy atom. The number of aromatic nitrogens is 1. The van der Waals surface area contributed by atoms with E-state index in [4.69, 9.17) is 21.9 Å². The molecule has 0 fully saturated rings. The van der Waals surface area contributed by atoms with E-state index in [1.54, 1.807) is 0 Å². The average molecular weight is 291 g/mol. The number of nitrogens with zero attached hydrogens (tertiary/aromatic N) is 1. The van der Waals surface area contributed by atoms with Crippen LogP contribution in [0.2, 0.25) is 4.34 Å². The molecule has 0 aliphatic carbocycles. The van der Waals surface area contributed by atoms with E-state index in [9.17, 15) is 0 Å². The van der Waals surface area contributed by atoms with Crippen molar-refractivity contribution in [2.24, 2.45) is 0 Å². The molecule has 0 bridgehead atoms. The van der Waals surface area contributed by atoms with Crippen LogP contribution in [0.3, 0.4) is 0 Å². The fraction of sp³-hybridized carbons (Fsp3) is 0.0714. The minimum absolute atomic E-state index is 0.394. The maximum absolute atomic E-state index is 5.97. The predicted octanol–water partition coefficient (Wildman–Crippen LogP) is 4.61. The molecular weight excluding hydrogens is 280 g/mol. The van der Waals surface area contributed by atoms with Gasteiger partial charge in [0, 0.05) is 0 Å². The fourth-order valence-electron chi connectivity index (χ4n) is 1.99. The van der Waals surface area contributed by atoms with Crippen LogP contribution in [0.1, 0.15) is 5.56 Å². The Bertz CT molecular complexity index is 733. The molecule has 0 saturated heterocycles. The minimum atomic E-state index is 0.394. The molecule has 0 aliphatic rings. The molecule has 0 saturated carbocycles. The molecule has 2 heterocycles. The number of nitrogens with two attached hydrogens (primary N) is 1. The molecule has 19 heavy (non-hydrogen) atoms. The van der Waals surface area contributed by atoms with E-state index in [1.165, 1.54) is 11.3 Å². The van der Waals surface area contributed by atoms with Crippen molar-refractivity contribution in [3.05, 3.63) is 46.3 Å². The summed E-state index contributed by atoms with van der Waals surface area (Å²) < 4.78 is 6.07. The first-order valence-corrected chi connectivity index (χ1v) is 6.92. The standard InChI is InChI=1S/C14H11ClN2OS/c1-8-3-2-4-9(7-8)12-13(18-17-14(12)16)10-5-6-11(15)19-10/h2-7H,1H3,(H2,16,17). The molecule has 0 spiro atoms. The predicted molar refractivity (Wildman–Crippen MR) is 79.4 cm³/mol. The summed E-state index contributed by atoms with van der Waals surface area (Å²) in [6.45, 7) is 2.04. The van der Waals surface area contributed by atoms with Gasteiger partial charge in [0.2, 0.25) is 0 Å². The fourth-order valence-corrected chi connectivity index (χ4v) is 3.01. The molecule has 0 radical (unpaired) electrons. The van der Waals surface area contributed by atoms with Gasteiger partial charge in [0.25, 0.3) is 0 Å². The van der Waals surface area contributed by atoms with Crippen molar-refractivity contribution in [1.29, 1.82) is 0 Å². The molecule has 3 nitrogen and oxygen atoms in total. The maximum Gasteiger partial charge on any atom is 0.186 e. The number of hydrogen-bond acceptors (Lipinski definition) is 4. The first-order valence-electron chi connectivity index (χ1n) is 5.73. The van der Waals surface area contributed by atoms with Gasteiger partial charge < -0.3 is 10.3 Å². The molecule has 0 aliphatic heterocycles. The molecule has 0 amide bonds. The van der Waals surface area contributed by atoms with Crippen LogP contribution in [0.4, 0.5) is 5.82 Å². The van der Waals surface area contributed by atoms with E-state index >= 15 is 0 Å². The van der Waals surface area contributed by atoms with Crippen LogP contribution < -0.4 is 5.73 Å². The molecule has 5 heteroatoms. The first kappa shape index (κ1) is 12.3. The van der Waals surface area contributed by atoms with Crippen LogP contribution in [0.5, 0.6) is 0 Å². The number of thiophene rings is 1. The third-order valence-corrected chi connectivity index (χ3v) is 4.05. The third-order valence-electron chi connectivity index (χ3n) is 2.82. The Balaban J connectivity index is 2.19. The van der Waals surface area contributed by atoms with E-state index in [0.29, 0.717) is 15.9 Å². The summed E-state index contributed by atoms with van der Waals surface area (Å²) in [5.74, 6) is 1.06. The SMILES string of the molecule is Cc1cccc(-c2c(N)noc2-c2ccc(Cl)s2)c1. The summed E-state index contributed by atoms with van der Waals surface area (Å²) in [5.41, 5.74) is 8.91. The highest BCUT2D eigenvalue weighted by Crippen LogP contribution is 2.40. The summed E-state index contributed by atoms with van der Waals surface area (Å²) >= 11 is 7.41. The zero-order valence-corrected chi connectivity index (χ0v) is 11.8. The van der Waals surface area contributed by atoms with E-state index in [1.807, 2.05) is 37.3 Å². The Morgan fingerprint density at radius 2 is 2.11 bits per heavy atom. The van der Waals surface area contributed by atoms with Crippen molar-refractivity contribution in [3.63, 3.8) is 0 Å². The smallest absolute Gasteiger partial charge is 0.186 e. The van der Waals surface area contributed by atoms with Gasteiger partial charge in [-0.1, -0.05) is 46.6 Å². The van der Waals surface area contributed by atoms with Crippen molar-refractivity contribution in [3.8, 4) is 21.8 Å². The highest BCUT2D eigenvalue weighted by Gasteiger charge is 2.19. The Morgan fingerprint density at radius 3 is 2.79 bits per heavy atom. The van der Waals surface area contributed by atoms with Gasteiger partial charge in [0.1, 0.15) is 0 Å². The zero-order chi connectivity index (χ0) is 13.4. The number of hydrogen-bond donors (Lipinski definition) is 1. The lowest BCUT2D eigenvalue weighted by atomic mass is 10.0. The van der Waals surface area contributed by atoms with Gasteiger partial charge in [-0.2, -0.15) is 0 Å². The van der Waals surface area contributed by atoms with Crippen molar-refractivity contribution >= 4 is 28.8 Å². The number of halogens is 1. The normalized spacial score (nSPS) is 10.8. The minimum Gasteiger partial charge on any atom is -0.380 e. The number of benzene rings is 1.